The van der Waals surface area contributed by atoms with E-state index in [0.29, 0.717) is 11.1 Å². The van der Waals surface area contributed by atoms with Crippen LogP contribution < -0.4 is 5.32 Å². The van der Waals surface area contributed by atoms with E-state index < -0.39 is 21.5 Å². The molecular formula is C20H22FN3O3S. The Bertz CT molecular complexity index is 950. The summed E-state index contributed by atoms with van der Waals surface area (Å²) in [6.45, 7) is 0.198. The molecule has 0 saturated carbocycles. The van der Waals surface area contributed by atoms with Crippen molar-refractivity contribution >= 4 is 15.7 Å². The van der Waals surface area contributed by atoms with Crippen molar-refractivity contribution in [3.63, 3.8) is 0 Å². The van der Waals surface area contributed by atoms with Crippen LogP contribution in [0.25, 0.3) is 0 Å². The van der Waals surface area contributed by atoms with Gasteiger partial charge in [0.15, 0.2) is 9.84 Å². The standard InChI is InChI=1S/C20H22FN3O3S/c1-24(2)19(17-7-9-18(21)10-8-17)12-23-20(25)14-28(26,27)13-16-5-3-15(11-22)4-6-16/h3-10,19H,12-14H2,1-2H3,(H,23,25). The predicted molar refractivity (Wildman–Crippen MR) is 104 cm³/mol. The van der Waals surface area contributed by atoms with Crippen LogP contribution in [0, 0.1) is 17.1 Å². The maximum absolute atomic E-state index is 13.1. The lowest BCUT2D eigenvalue weighted by molar-refractivity contribution is -0.118. The first-order chi connectivity index (χ1) is 13.2. The van der Waals surface area contributed by atoms with Crippen molar-refractivity contribution in [1.82, 2.24) is 10.2 Å². The molecular weight excluding hydrogens is 381 g/mol. The Hall–Kier alpha value is -2.76. The number of benzene rings is 2. The fourth-order valence-corrected chi connectivity index (χ4v) is 4.03. The Balaban J connectivity index is 1.95. The second-order valence-corrected chi connectivity index (χ2v) is 8.74. The average Bonchev–Trinajstić information content (AvgIpc) is 2.63. The van der Waals surface area contributed by atoms with Crippen LogP contribution in [0.3, 0.4) is 0 Å². The first-order valence-electron chi connectivity index (χ1n) is 8.58. The minimum Gasteiger partial charge on any atom is -0.353 e. The third kappa shape index (κ3) is 6.44. The lowest BCUT2D eigenvalue weighted by Crippen LogP contribution is -2.37. The number of rotatable bonds is 8. The molecule has 0 spiro atoms. The van der Waals surface area contributed by atoms with Crippen LogP contribution in [-0.4, -0.2) is 45.6 Å². The number of nitrogens with zero attached hydrogens (tertiary/aromatic N) is 2. The minimum atomic E-state index is -3.65. The third-order valence-corrected chi connectivity index (χ3v) is 5.67. The molecule has 6 nitrogen and oxygen atoms in total. The number of nitriles is 1. The topological polar surface area (TPSA) is 90.3 Å². The molecule has 0 aliphatic carbocycles. The molecule has 1 atom stereocenters. The lowest BCUT2D eigenvalue weighted by atomic mass is 10.1. The number of halogens is 1. The van der Waals surface area contributed by atoms with E-state index in [1.54, 1.807) is 24.3 Å². The summed E-state index contributed by atoms with van der Waals surface area (Å²) in [5, 5.41) is 11.4. The zero-order chi connectivity index (χ0) is 20.7. The van der Waals surface area contributed by atoms with Crippen LogP contribution in [0.4, 0.5) is 4.39 Å². The molecule has 0 radical (unpaired) electrons. The highest BCUT2D eigenvalue weighted by Crippen LogP contribution is 2.17. The summed E-state index contributed by atoms with van der Waals surface area (Å²) >= 11 is 0. The number of likely N-dealkylation sites (N-methyl/N-ethyl adjacent to an activating group) is 1. The molecule has 2 aromatic rings. The number of hydrogen-bond donors (Lipinski definition) is 1. The minimum absolute atomic E-state index is 0.198. The lowest BCUT2D eigenvalue weighted by Gasteiger charge is -2.25. The molecule has 0 aliphatic rings. The number of carbonyl (C=O) groups excluding carboxylic acids is 1. The van der Waals surface area contributed by atoms with E-state index in [9.17, 15) is 17.6 Å². The number of sulfone groups is 1. The molecule has 0 aliphatic heterocycles. The van der Waals surface area contributed by atoms with Crippen molar-refractivity contribution in [2.24, 2.45) is 0 Å². The van der Waals surface area contributed by atoms with Crippen LogP contribution in [0.15, 0.2) is 48.5 Å². The van der Waals surface area contributed by atoms with Crippen molar-refractivity contribution < 1.29 is 17.6 Å². The van der Waals surface area contributed by atoms with Gasteiger partial charge in [0.1, 0.15) is 11.6 Å². The Morgan fingerprint density at radius 1 is 1.14 bits per heavy atom. The predicted octanol–water partition coefficient (Wildman–Crippen LogP) is 2.03. The quantitative estimate of drug-likeness (QED) is 0.728. The number of amides is 1. The summed E-state index contributed by atoms with van der Waals surface area (Å²) in [6.07, 6.45) is 0. The van der Waals surface area contributed by atoms with Gasteiger partial charge in [-0.05, 0) is 49.5 Å². The van der Waals surface area contributed by atoms with E-state index in [2.05, 4.69) is 5.32 Å². The van der Waals surface area contributed by atoms with Crippen LogP contribution >= 0.6 is 0 Å². The SMILES string of the molecule is CN(C)C(CNC(=O)CS(=O)(=O)Cc1ccc(C#N)cc1)c1ccc(F)cc1. The molecule has 2 aromatic carbocycles. The average molecular weight is 403 g/mol. The fraction of sp³-hybridized carbons (Fsp3) is 0.300. The monoisotopic (exact) mass is 403 g/mol. The second kappa shape index (κ2) is 9.44. The Kier molecular flexibility index (Phi) is 7.26. The molecule has 1 N–H and O–H groups in total. The molecule has 0 bridgehead atoms. The Morgan fingerprint density at radius 3 is 2.29 bits per heavy atom. The van der Waals surface area contributed by atoms with Crippen molar-refractivity contribution in [3.8, 4) is 6.07 Å². The van der Waals surface area contributed by atoms with Crippen molar-refractivity contribution in [2.75, 3.05) is 26.4 Å². The van der Waals surface area contributed by atoms with Gasteiger partial charge in [-0.25, -0.2) is 12.8 Å². The number of hydrogen-bond acceptors (Lipinski definition) is 5. The molecule has 1 unspecified atom stereocenters. The van der Waals surface area contributed by atoms with Crippen LogP contribution in [0.1, 0.15) is 22.7 Å². The van der Waals surface area contributed by atoms with E-state index in [-0.39, 0.29) is 24.2 Å². The Morgan fingerprint density at radius 2 is 1.75 bits per heavy atom. The molecule has 2 rings (SSSR count). The summed E-state index contributed by atoms with van der Waals surface area (Å²) in [5.74, 6) is -1.85. The van der Waals surface area contributed by atoms with Gasteiger partial charge in [-0.3, -0.25) is 4.79 Å². The van der Waals surface area contributed by atoms with Crippen molar-refractivity contribution in [1.29, 1.82) is 5.26 Å². The third-order valence-electron chi connectivity index (χ3n) is 4.19. The first-order valence-corrected chi connectivity index (χ1v) is 10.4. The molecule has 0 aromatic heterocycles. The summed E-state index contributed by atoms with van der Waals surface area (Å²) in [4.78, 5) is 14.0. The molecule has 1 amide bonds. The van der Waals surface area contributed by atoms with E-state index in [1.807, 2.05) is 25.1 Å². The summed E-state index contributed by atoms with van der Waals surface area (Å²) < 4.78 is 37.7. The fourth-order valence-electron chi connectivity index (χ4n) is 2.73. The zero-order valence-corrected chi connectivity index (χ0v) is 16.5. The molecule has 8 heteroatoms. The molecule has 148 valence electrons. The van der Waals surface area contributed by atoms with Crippen LogP contribution in [0.5, 0.6) is 0 Å². The second-order valence-electron chi connectivity index (χ2n) is 6.68. The van der Waals surface area contributed by atoms with E-state index >= 15 is 0 Å². The van der Waals surface area contributed by atoms with Gasteiger partial charge in [-0.2, -0.15) is 5.26 Å². The van der Waals surface area contributed by atoms with Gasteiger partial charge in [0.2, 0.25) is 5.91 Å². The maximum atomic E-state index is 13.1. The maximum Gasteiger partial charge on any atom is 0.235 e. The van der Waals surface area contributed by atoms with Crippen molar-refractivity contribution in [3.05, 3.63) is 71.0 Å². The molecule has 0 saturated heterocycles. The highest BCUT2D eigenvalue weighted by molar-refractivity contribution is 7.91. The van der Waals surface area contributed by atoms with E-state index in [0.717, 1.165) is 5.56 Å². The molecule has 28 heavy (non-hydrogen) atoms. The molecule has 0 fully saturated rings. The van der Waals surface area contributed by atoms with Crippen LogP contribution in [0.2, 0.25) is 0 Å². The smallest absolute Gasteiger partial charge is 0.235 e. The summed E-state index contributed by atoms with van der Waals surface area (Å²) in [5.41, 5.74) is 1.77. The van der Waals surface area contributed by atoms with Gasteiger partial charge >= 0.3 is 0 Å². The Labute approximate surface area is 164 Å². The molecule has 0 heterocycles. The van der Waals surface area contributed by atoms with Gasteiger partial charge in [-0.1, -0.05) is 24.3 Å². The highest BCUT2D eigenvalue weighted by atomic mass is 32.2. The van der Waals surface area contributed by atoms with Gasteiger partial charge in [0, 0.05) is 6.54 Å². The largest absolute Gasteiger partial charge is 0.353 e. The normalized spacial score (nSPS) is 12.4. The first kappa shape index (κ1) is 21.5. The number of carbonyl (C=O) groups is 1. The van der Waals surface area contributed by atoms with Gasteiger partial charge in [0.05, 0.1) is 23.4 Å². The van der Waals surface area contributed by atoms with E-state index in [4.69, 9.17) is 5.26 Å². The number of nitrogens with one attached hydrogen (secondary N) is 1. The van der Waals surface area contributed by atoms with Crippen molar-refractivity contribution in [2.45, 2.75) is 11.8 Å². The highest BCUT2D eigenvalue weighted by Gasteiger charge is 2.20. The van der Waals surface area contributed by atoms with Gasteiger partial charge in [0.25, 0.3) is 0 Å². The zero-order valence-electron chi connectivity index (χ0n) is 15.7. The summed E-state index contributed by atoms with van der Waals surface area (Å²) in [7, 11) is -0.00747. The van der Waals surface area contributed by atoms with Crippen LogP contribution in [-0.2, 0) is 20.4 Å². The van der Waals surface area contributed by atoms with Gasteiger partial charge in [-0.15, -0.1) is 0 Å². The summed E-state index contributed by atoms with van der Waals surface area (Å²) in [6, 6.07) is 13.9. The van der Waals surface area contributed by atoms with Gasteiger partial charge < -0.3 is 10.2 Å². The van der Waals surface area contributed by atoms with E-state index in [1.165, 1.54) is 24.3 Å².